The number of rotatable bonds is 9. The van der Waals surface area contributed by atoms with E-state index in [2.05, 4.69) is 0 Å². The van der Waals surface area contributed by atoms with Gasteiger partial charge in [0.25, 0.3) is 0 Å². The zero-order valence-electron chi connectivity index (χ0n) is 12.3. The van der Waals surface area contributed by atoms with E-state index in [1.807, 2.05) is 6.92 Å². The maximum atomic E-state index is 12.9. The quantitative estimate of drug-likeness (QED) is 0.480. The van der Waals surface area contributed by atoms with E-state index < -0.39 is 18.8 Å². The standard InChI is InChI=1S/C12H26NO4P/c1-7-12(4,10-14)11(13(5)6)18(15,16-8-2)17-9-3/h10-11H,7-9H2,1-6H3. The highest BCUT2D eigenvalue weighted by atomic mass is 31.2. The maximum Gasteiger partial charge on any atom is 0.348 e. The van der Waals surface area contributed by atoms with Crippen molar-refractivity contribution >= 4 is 13.9 Å². The number of nitrogens with zero attached hydrogens (tertiary/aromatic N) is 1. The van der Waals surface area contributed by atoms with Gasteiger partial charge >= 0.3 is 7.60 Å². The van der Waals surface area contributed by atoms with Gasteiger partial charge in [0, 0.05) is 5.41 Å². The average molecular weight is 279 g/mol. The van der Waals surface area contributed by atoms with Crippen molar-refractivity contribution in [2.24, 2.45) is 5.41 Å². The number of carbonyl (C=O) groups excluding carboxylic acids is 1. The predicted molar refractivity (Wildman–Crippen MR) is 72.8 cm³/mol. The first-order valence-corrected chi connectivity index (χ1v) is 7.94. The Morgan fingerprint density at radius 1 is 1.22 bits per heavy atom. The molecule has 0 N–H and O–H groups in total. The third-order valence-electron chi connectivity index (χ3n) is 3.03. The molecule has 6 heteroatoms. The minimum atomic E-state index is -3.35. The van der Waals surface area contributed by atoms with Crippen LogP contribution in [0.5, 0.6) is 0 Å². The van der Waals surface area contributed by atoms with Crippen LogP contribution in [0.3, 0.4) is 0 Å². The molecule has 2 unspecified atom stereocenters. The van der Waals surface area contributed by atoms with Gasteiger partial charge in [0.05, 0.1) is 13.2 Å². The second-order valence-corrected chi connectivity index (χ2v) is 6.78. The van der Waals surface area contributed by atoms with E-state index in [0.717, 1.165) is 6.29 Å². The fourth-order valence-corrected chi connectivity index (χ4v) is 4.71. The van der Waals surface area contributed by atoms with E-state index in [9.17, 15) is 9.36 Å². The molecule has 0 bridgehead atoms. The number of hydrogen-bond donors (Lipinski definition) is 0. The molecule has 0 saturated carbocycles. The molecule has 0 aliphatic rings. The van der Waals surface area contributed by atoms with Crippen LogP contribution in [0.25, 0.3) is 0 Å². The molecule has 2 atom stereocenters. The van der Waals surface area contributed by atoms with Crippen molar-refractivity contribution < 1.29 is 18.4 Å². The summed E-state index contributed by atoms with van der Waals surface area (Å²) in [4.78, 5) is 13.2. The van der Waals surface area contributed by atoms with Crippen LogP contribution in [0.1, 0.15) is 34.1 Å². The molecule has 0 amide bonds. The molecule has 0 aromatic carbocycles. The fourth-order valence-electron chi connectivity index (χ4n) is 2.10. The first kappa shape index (κ1) is 17.8. The van der Waals surface area contributed by atoms with Crippen LogP contribution in [-0.2, 0) is 18.4 Å². The van der Waals surface area contributed by atoms with E-state index in [4.69, 9.17) is 9.05 Å². The molecule has 18 heavy (non-hydrogen) atoms. The molecule has 0 aromatic heterocycles. The predicted octanol–water partition coefficient (Wildman–Crippen LogP) is 2.76. The first-order valence-electron chi connectivity index (χ1n) is 6.32. The van der Waals surface area contributed by atoms with E-state index in [1.165, 1.54) is 0 Å². The third kappa shape index (κ3) is 3.89. The van der Waals surface area contributed by atoms with Gasteiger partial charge in [0.15, 0.2) is 0 Å². The molecule has 0 heterocycles. The van der Waals surface area contributed by atoms with Crippen molar-refractivity contribution in [2.75, 3.05) is 27.3 Å². The second-order valence-electron chi connectivity index (χ2n) is 4.69. The van der Waals surface area contributed by atoms with Crippen LogP contribution >= 0.6 is 7.60 Å². The topological polar surface area (TPSA) is 55.8 Å². The van der Waals surface area contributed by atoms with Crippen LogP contribution in [0.2, 0.25) is 0 Å². The van der Waals surface area contributed by atoms with Gasteiger partial charge in [-0.2, -0.15) is 0 Å². The van der Waals surface area contributed by atoms with Crippen molar-refractivity contribution in [3.63, 3.8) is 0 Å². The van der Waals surface area contributed by atoms with Crippen LogP contribution in [0.4, 0.5) is 0 Å². The second kappa shape index (κ2) is 7.39. The lowest BCUT2D eigenvalue weighted by Gasteiger charge is -2.40. The van der Waals surface area contributed by atoms with E-state index in [-0.39, 0.29) is 0 Å². The number of carbonyl (C=O) groups is 1. The van der Waals surface area contributed by atoms with Crippen LogP contribution in [-0.4, -0.2) is 44.3 Å². The SMILES string of the molecule is CCOP(=O)(OCC)C(N(C)C)C(C)(C=O)CC. The normalized spacial score (nSPS) is 17.5. The molecule has 0 fully saturated rings. The Hall–Kier alpha value is -0.220. The average Bonchev–Trinajstić information content (AvgIpc) is 2.28. The van der Waals surface area contributed by atoms with E-state index in [1.54, 1.807) is 39.8 Å². The Morgan fingerprint density at radius 2 is 1.67 bits per heavy atom. The van der Waals surface area contributed by atoms with Gasteiger partial charge in [-0.05, 0) is 34.4 Å². The largest absolute Gasteiger partial charge is 0.348 e. The highest BCUT2D eigenvalue weighted by Crippen LogP contribution is 2.59. The summed E-state index contributed by atoms with van der Waals surface area (Å²) in [5, 5.41) is 0. The highest BCUT2D eigenvalue weighted by Gasteiger charge is 2.48. The third-order valence-corrected chi connectivity index (χ3v) is 5.91. The Morgan fingerprint density at radius 3 is 1.89 bits per heavy atom. The minimum Gasteiger partial charge on any atom is -0.308 e. The van der Waals surface area contributed by atoms with Crippen molar-refractivity contribution in [3.05, 3.63) is 0 Å². The van der Waals surface area contributed by atoms with Crippen molar-refractivity contribution in [1.29, 1.82) is 0 Å². The summed E-state index contributed by atoms with van der Waals surface area (Å²) >= 11 is 0. The number of hydrogen-bond acceptors (Lipinski definition) is 5. The Bertz CT molecular complexity index is 298. The lowest BCUT2D eigenvalue weighted by Crippen LogP contribution is -2.44. The van der Waals surface area contributed by atoms with Crippen molar-refractivity contribution in [3.8, 4) is 0 Å². The van der Waals surface area contributed by atoms with E-state index in [0.29, 0.717) is 19.6 Å². The lowest BCUT2D eigenvalue weighted by atomic mass is 9.88. The lowest BCUT2D eigenvalue weighted by molar-refractivity contribution is -0.117. The van der Waals surface area contributed by atoms with Gasteiger partial charge in [0.2, 0.25) is 0 Å². The molecule has 108 valence electrons. The summed E-state index contributed by atoms with van der Waals surface area (Å²) in [5.41, 5.74) is -0.761. The molecular formula is C12H26NO4P. The summed E-state index contributed by atoms with van der Waals surface area (Å²) in [5.74, 6) is -0.576. The van der Waals surface area contributed by atoms with Crippen molar-refractivity contribution in [1.82, 2.24) is 4.90 Å². The molecule has 0 radical (unpaired) electrons. The zero-order valence-corrected chi connectivity index (χ0v) is 13.2. The van der Waals surface area contributed by atoms with Crippen LogP contribution in [0, 0.1) is 5.41 Å². The summed E-state index contributed by atoms with van der Waals surface area (Å²) < 4.78 is 23.6. The molecule has 0 aromatic rings. The minimum absolute atomic E-state index is 0.292. The molecule has 0 saturated heterocycles. The summed E-state index contributed by atoms with van der Waals surface area (Å²) in [6, 6.07) is 0. The molecular weight excluding hydrogens is 253 g/mol. The fraction of sp³-hybridized carbons (Fsp3) is 0.917. The van der Waals surface area contributed by atoms with Gasteiger partial charge < -0.3 is 13.8 Å². The Balaban J connectivity index is 5.55. The first-order chi connectivity index (χ1) is 8.31. The Kier molecular flexibility index (Phi) is 7.30. The summed E-state index contributed by atoms with van der Waals surface area (Å²) in [6.45, 7) is 7.80. The van der Waals surface area contributed by atoms with Gasteiger partial charge in [-0.3, -0.25) is 9.46 Å². The highest BCUT2D eigenvalue weighted by molar-refractivity contribution is 7.54. The molecule has 0 aliphatic carbocycles. The van der Waals surface area contributed by atoms with Gasteiger partial charge in [-0.1, -0.05) is 13.8 Å². The number of aldehydes is 1. The zero-order chi connectivity index (χ0) is 14.4. The van der Waals surface area contributed by atoms with E-state index >= 15 is 0 Å². The van der Waals surface area contributed by atoms with Crippen LogP contribution in [0.15, 0.2) is 0 Å². The smallest absolute Gasteiger partial charge is 0.308 e. The molecule has 0 aliphatic heterocycles. The van der Waals surface area contributed by atoms with Crippen molar-refractivity contribution in [2.45, 2.75) is 39.9 Å². The summed E-state index contributed by atoms with van der Waals surface area (Å²) in [7, 11) is 0.223. The molecule has 0 spiro atoms. The van der Waals surface area contributed by atoms with Gasteiger partial charge in [-0.15, -0.1) is 0 Å². The summed E-state index contributed by atoms with van der Waals surface area (Å²) in [6.07, 6.45) is 1.42. The maximum absolute atomic E-state index is 12.9. The molecule has 5 nitrogen and oxygen atoms in total. The van der Waals surface area contributed by atoms with Crippen LogP contribution < -0.4 is 0 Å². The Labute approximate surface area is 110 Å². The monoisotopic (exact) mass is 279 g/mol. The van der Waals surface area contributed by atoms with Gasteiger partial charge in [0.1, 0.15) is 12.1 Å². The molecule has 0 rings (SSSR count). The van der Waals surface area contributed by atoms with Gasteiger partial charge in [-0.25, -0.2) is 0 Å².